The van der Waals surface area contributed by atoms with E-state index in [-0.39, 0.29) is 35.3 Å². The van der Waals surface area contributed by atoms with Gasteiger partial charge in [0.1, 0.15) is 18.3 Å². The molecule has 0 amide bonds. The Morgan fingerprint density at radius 1 is 1.30 bits per heavy atom. The third-order valence-electron chi connectivity index (χ3n) is 5.76. The van der Waals surface area contributed by atoms with Gasteiger partial charge in [0.2, 0.25) is 0 Å². The summed E-state index contributed by atoms with van der Waals surface area (Å²) in [5.74, 6) is -1.18. The fourth-order valence-electron chi connectivity index (χ4n) is 4.27. The quantitative estimate of drug-likeness (QED) is 0.414. The Morgan fingerprint density at radius 3 is 2.74 bits per heavy atom. The highest BCUT2D eigenvalue weighted by molar-refractivity contribution is 5.91. The zero-order valence-electron chi connectivity index (χ0n) is 13.7. The number of ether oxygens (including phenoxy) is 4. The van der Waals surface area contributed by atoms with Crippen LogP contribution in [-0.4, -0.2) is 47.6 Å². The number of hydrogen-bond acceptors (Lipinski definition) is 6. The third-order valence-corrected chi connectivity index (χ3v) is 5.76. The molecule has 0 aromatic rings. The van der Waals surface area contributed by atoms with E-state index in [1.807, 2.05) is 13.8 Å². The fraction of sp³-hybridized carbons (Fsp3) is 0.765. The molecule has 4 aliphatic rings. The second kappa shape index (κ2) is 4.57. The van der Waals surface area contributed by atoms with Gasteiger partial charge in [0.05, 0.1) is 23.2 Å². The van der Waals surface area contributed by atoms with Gasteiger partial charge in [-0.1, -0.05) is 6.58 Å². The molecule has 1 aliphatic carbocycles. The molecule has 126 valence electrons. The predicted octanol–water partition coefficient (Wildman–Crippen LogP) is 1.51. The highest BCUT2D eigenvalue weighted by Crippen LogP contribution is 2.54. The molecule has 3 aliphatic heterocycles. The molecule has 6 nitrogen and oxygen atoms in total. The van der Waals surface area contributed by atoms with E-state index >= 15 is 0 Å². The van der Waals surface area contributed by atoms with Gasteiger partial charge >= 0.3 is 11.9 Å². The Kier molecular flexibility index (Phi) is 3.01. The van der Waals surface area contributed by atoms with Crippen LogP contribution in [0.2, 0.25) is 0 Å². The second-order valence-electron chi connectivity index (χ2n) is 7.58. The van der Waals surface area contributed by atoms with Crippen LogP contribution in [0.25, 0.3) is 0 Å². The highest BCUT2D eigenvalue weighted by Gasteiger charge is 2.66. The van der Waals surface area contributed by atoms with Crippen LogP contribution in [-0.2, 0) is 28.5 Å². The molecule has 0 aromatic carbocycles. The van der Waals surface area contributed by atoms with Gasteiger partial charge in [-0.3, -0.25) is 4.79 Å². The Bertz CT molecular complexity index is 600. The second-order valence-corrected chi connectivity index (χ2v) is 7.58. The van der Waals surface area contributed by atoms with Crippen molar-refractivity contribution in [3.63, 3.8) is 0 Å². The van der Waals surface area contributed by atoms with Crippen molar-refractivity contribution < 1.29 is 28.5 Å². The van der Waals surface area contributed by atoms with Gasteiger partial charge in [0.15, 0.2) is 0 Å². The Labute approximate surface area is 135 Å². The summed E-state index contributed by atoms with van der Waals surface area (Å²) in [5, 5.41) is 0. The van der Waals surface area contributed by atoms with Crippen molar-refractivity contribution in [2.24, 2.45) is 5.92 Å². The first-order valence-corrected chi connectivity index (χ1v) is 8.16. The number of rotatable bonds is 1. The fourth-order valence-corrected chi connectivity index (χ4v) is 4.27. The van der Waals surface area contributed by atoms with E-state index in [2.05, 4.69) is 6.58 Å². The van der Waals surface area contributed by atoms with E-state index in [4.69, 9.17) is 18.9 Å². The minimum atomic E-state index is -0.488. The minimum absolute atomic E-state index is 0.144. The largest absolute Gasteiger partial charge is 0.462 e. The molecule has 1 saturated carbocycles. The first kappa shape index (κ1) is 15.1. The minimum Gasteiger partial charge on any atom is -0.462 e. The van der Waals surface area contributed by atoms with Crippen molar-refractivity contribution in [2.45, 2.75) is 75.7 Å². The predicted molar refractivity (Wildman–Crippen MR) is 78.5 cm³/mol. The molecule has 4 rings (SSSR count). The summed E-state index contributed by atoms with van der Waals surface area (Å²) < 4.78 is 22.8. The highest BCUT2D eigenvalue weighted by atomic mass is 16.7. The van der Waals surface area contributed by atoms with Crippen LogP contribution in [0.4, 0.5) is 0 Å². The maximum atomic E-state index is 12.1. The lowest BCUT2D eigenvalue weighted by atomic mass is 9.79. The smallest absolute Gasteiger partial charge is 0.334 e. The molecule has 6 heteroatoms. The molecule has 7 atom stereocenters. The number of epoxide rings is 2. The van der Waals surface area contributed by atoms with E-state index in [9.17, 15) is 9.59 Å². The topological polar surface area (TPSA) is 77.7 Å². The molecule has 4 fully saturated rings. The average molecular weight is 322 g/mol. The number of fused-ring (bicyclic) bond motifs is 4. The number of carbonyl (C=O) groups excluding carboxylic acids is 2. The number of esters is 2. The van der Waals surface area contributed by atoms with Gasteiger partial charge in [-0.2, -0.15) is 0 Å². The van der Waals surface area contributed by atoms with Gasteiger partial charge in [0, 0.05) is 18.9 Å². The third kappa shape index (κ3) is 2.31. The molecular formula is C17H22O6. The molecule has 0 bridgehead atoms. The lowest BCUT2D eigenvalue weighted by Crippen LogP contribution is -2.40. The van der Waals surface area contributed by atoms with Crippen molar-refractivity contribution in [2.75, 3.05) is 0 Å². The van der Waals surface area contributed by atoms with Crippen LogP contribution in [0.15, 0.2) is 12.2 Å². The summed E-state index contributed by atoms with van der Waals surface area (Å²) in [6.07, 6.45) is 1.34. The van der Waals surface area contributed by atoms with Crippen LogP contribution < -0.4 is 0 Å². The van der Waals surface area contributed by atoms with Crippen LogP contribution in [0.3, 0.4) is 0 Å². The monoisotopic (exact) mass is 322 g/mol. The summed E-state index contributed by atoms with van der Waals surface area (Å²) >= 11 is 0. The zero-order chi connectivity index (χ0) is 16.6. The SMILES string of the molecule is C=C1C(=O)OC2[C@H]3O[C@]3(C)CC[C@H]3O[C@]3(C)C[C@@H](OC(C)=O)[C@@H]12. The number of carbonyl (C=O) groups is 2. The van der Waals surface area contributed by atoms with Crippen molar-refractivity contribution >= 4 is 11.9 Å². The van der Waals surface area contributed by atoms with Crippen molar-refractivity contribution in [3.05, 3.63) is 12.2 Å². The van der Waals surface area contributed by atoms with E-state index in [0.29, 0.717) is 12.0 Å². The summed E-state index contributed by atoms with van der Waals surface area (Å²) in [5.41, 5.74) is -0.270. The molecule has 1 unspecified atom stereocenters. The first-order chi connectivity index (χ1) is 10.7. The summed E-state index contributed by atoms with van der Waals surface area (Å²) in [6.45, 7) is 9.31. The van der Waals surface area contributed by atoms with Crippen LogP contribution in [0, 0.1) is 5.92 Å². The standard InChI is InChI=1S/C17H22O6/c1-8-12-10(20-9(2)18)7-17(4)11(22-17)5-6-16(3)14(23-16)13(12)21-15(8)19/h10-14H,1,5-7H2,2-4H3/t10-,11-,12-,13?,14-,16-,17-/m1/s1. The average Bonchev–Trinajstić information content (AvgIpc) is 3.27. The van der Waals surface area contributed by atoms with E-state index in [0.717, 1.165) is 12.8 Å². The maximum Gasteiger partial charge on any atom is 0.334 e. The van der Waals surface area contributed by atoms with Crippen molar-refractivity contribution in [3.8, 4) is 0 Å². The van der Waals surface area contributed by atoms with Gasteiger partial charge < -0.3 is 18.9 Å². The van der Waals surface area contributed by atoms with Crippen molar-refractivity contribution in [1.29, 1.82) is 0 Å². The molecule has 0 N–H and O–H groups in total. The molecule has 3 saturated heterocycles. The number of hydrogen-bond donors (Lipinski definition) is 0. The zero-order valence-corrected chi connectivity index (χ0v) is 13.7. The molecule has 23 heavy (non-hydrogen) atoms. The Balaban J connectivity index is 1.69. The molecule has 0 spiro atoms. The summed E-state index contributed by atoms with van der Waals surface area (Å²) in [7, 11) is 0. The van der Waals surface area contributed by atoms with E-state index < -0.39 is 18.2 Å². The molecule has 0 radical (unpaired) electrons. The van der Waals surface area contributed by atoms with Gasteiger partial charge in [-0.15, -0.1) is 0 Å². The van der Waals surface area contributed by atoms with Crippen LogP contribution in [0.5, 0.6) is 0 Å². The normalized spacial score (nSPS) is 51.0. The molecule has 0 aromatic heterocycles. The van der Waals surface area contributed by atoms with Crippen LogP contribution >= 0.6 is 0 Å². The lowest BCUT2D eigenvalue weighted by molar-refractivity contribution is -0.151. The van der Waals surface area contributed by atoms with Gasteiger partial charge in [-0.25, -0.2) is 4.79 Å². The Morgan fingerprint density at radius 2 is 2.04 bits per heavy atom. The maximum absolute atomic E-state index is 12.1. The van der Waals surface area contributed by atoms with Gasteiger partial charge in [0.25, 0.3) is 0 Å². The summed E-state index contributed by atoms with van der Waals surface area (Å²) in [6, 6.07) is 0. The first-order valence-electron chi connectivity index (χ1n) is 8.16. The van der Waals surface area contributed by atoms with Gasteiger partial charge in [-0.05, 0) is 26.7 Å². The van der Waals surface area contributed by atoms with Crippen LogP contribution in [0.1, 0.15) is 40.0 Å². The van der Waals surface area contributed by atoms with E-state index in [1.165, 1.54) is 6.92 Å². The molecule has 3 heterocycles. The lowest BCUT2D eigenvalue weighted by Gasteiger charge is -2.28. The Hall–Kier alpha value is -1.40. The van der Waals surface area contributed by atoms with E-state index in [1.54, 1.807) is 0 Å². The molecular weight excluding hydrogens is 300 g/mol. The summed E-state index contributed by atoms with van der Waals surface area (Å²) in [4.78, 5) is 23.6. The van der Waals surface area contributed by atoms with Crippen molar-refractivity contribution in [1.82, 2.24) is 0 Å².